The van der Waals surface area contributed by atoms with Crippen LogP contribution in [0.25, 0.3) is 0 Å². The van der Waals surface area contributed by atoms with Crippen LogP contribution in [0.3, 0.4) is 0 Å². The summed E-state index contributed by atoms with van der Waals surface area (Å²) in [5.41, 5.74) is 0.756. The van der Waals surface area contributed by atoms with Crippen molar-refractivity contribution < 1.29 is 5.11 Å². The number of aliphatic hydroxyl groups is 1. The Morgan fingerprint density at radius 2 is 2.35 bits per heavy atom. The average molecular weight is 338 g/mol. The summed E-state index contributed by atoms with van der Waals surface area (Å²) in [7, 11) is 0. The van der Waals surface area contributed by atoms with Crippen molar-refractivity contribution in [2.24, 2.45) is 5.92 Å². The number of aliphatic hydroxyl groups excluding tert-OH is 1. The van der Waals surface area contributed by atoms with Gasteiger partial charge in [0.15, 0.2) is 5.82 Å². The van der Waals surface area contributed by atoms with Crippen LogP contribution in [0.5, 0.6) is 0 Å². The number of rotatable bonds is 7. The Labute approximate surface area is 139 Å². The van der Waals surface area contributed by atoms with Crippen molar-refractivity contribution in [3.05, 3.63) is 23.6 Å². The molecule has 3 rings (SSSR count). The van der Waals surface area contributed by atoms with Crippen LogP contribution in [0, 0.1) is 5.92 Å². The summed E-state index contributed by atoms with van der Waals surface area (Å²) in [6.07, 6.45) is 6.17. The molecule has 3 heterocycles. The maximum absolute atomic E-state index is 8.90. The van der Waals surface area contributed by atoms with E-state index in [1.165, 1.54) is 0 Å². The molecule has 2 aromatic rings. The van der Waals surface area contributed by atoms with Gasteiger partial charge in [-0.1, -0.05) is 11.6 Å². The quantitative estimate of drug-likeness (QED) is 0.600. The van der Waals surface area contributed by atoms with Crippen LogP contribution in [0.15, 0.2) is 18.6 Å². The molecule has 9 heteroatoms. The summed E-state index contributed by atoms with van der Waals surface area (Å²) in [5, 5.41) is 23.2. The molecule has 124 valence electrons. The number of hydrogen-bond acceptors (Lipinski definition) is 7. The van der Waals surface area contributed by atoms with Gasteiger partial charge in [0.05, 0.1) is 31.2 Å². The molecule has 4 N–H and O–H groups in total. The van der Waals surface area contributed by atoms with E-state index in [1.807, 2.05) is 0 Å². The SMILES string of the molecule is OCCn1cc(Nc2ncc(Cl)c(NCC3CCNC3)n2)cn1. The van der Waals surface area contributed by atoms with Crippen molar-refractivity contribution in [1.29, 1.82) is 0 Å². The van der Waals surface area contributed by atoms with Crippen LogP contribution < -0.4 is 16.0 Å². The van der Waals surface area contributed by atoms with Crippen LogP contribution in [0.1, 0.15) is 6.42 Å². The maximum Gasteiger partial charge on any atom is 0.229 e. The van der Waals surface area contributed by atoms with Gasteiger partial charge in [-0.3, -0.25) is 4.68 Å². The van der Waals surface area contributed by atoms with Gasteiger partial charge < -0.3 is 21.1 Å². The Morgan fingerprint density at radius 1 is 1.43 bits per heavy atom. The van der Waals surface area contributed by atoms with Gasteiger partial charge in [-0.2, -0.15) is 10.1 Å². The Bertz CT molecular complexity index is 642. The van der Waals surface area contributed by atoms with Gasteiger partial charge in [-0.15, -0.1) is 0 Å². The molecule has 1 aliphatic rings. The molecule has 0 bridgehead atoms. The zero-order chi connectivity index (χ0) is 16.1. The van der Waals surface area contributed by atoms with Crippen molar-refractivity contribution in [2.75, 3.05) is 36.9 Å². The normalized spacial score (nSPS) is 17.4. The minimum absolute atomic E-state index is 0.0443. The van der Waals surface area contributed by atoms with Crippen LogP contribution >= 0.6 is 11.6 Å². The number of hydrogen-bond donors (Lipinski definition) is 4. The van der Waals surface area contributed by atoms with Gasteiger partial charge in [-0.25, -0.2) is 4.98 Å². The van der Waals surface area contributed by atoms with Gasteiger partial charge >= 0.3 is 0 Å². The molecule has 1 fully saturated rings. The first-order chi connectivity index (χ1) is 11.2. The predicted molar refractivity (Wildman–Crippen MR) is 89.1 cm³/mol. The Morgan fingerprint density at radius 3 is 3.13 bits per heavy atom. The van der Waals surface area contributed by atoms with Gasteiger partial charge in [-0.05, 0) is 25.4 Å². The van der Waals surface area contributed by atoms with E-state index in [9.17, 15) is 0 Å². The standard InChI is InChI=1S/C14H20ClN7O/c15-12-8-18-14(20-11-7-19-22(9-11)3-4-23)21-13(12)17-6-10-1-2-16-5-10/h7-10,16,23H,1-6H2,(H2,17,18,20,21). The van der Waals surface area contributed by atoms with E-state index in [-0.39, 0.29) is 6.61 Å². The van der Waals surface area contributed by atoms with E-state index in [2.05, 4.69) is 31.0 Å². The summed E-state index contributed by atoms with van der Waals surface area (Å²) < 4.78 is 1.64. The first-order valence-corrected chi connectivity index (χ1v) is 8.00. The lowest BCUT2D eigenvalue weighted by atomic mass is 10.1. The summed E-state index contributed by atoms with van der Waals surface area (Å²) in [5.74, 6) is 1.66. The topological polar surface area (TPSA) is 99.9 Å². The predicted octanol–water partition coefficient (Wildman–Crippen LogP) is 1.08. The van der Waals surface area contributed by atoms with Crippen molar-refractivity contribution in [2.45, 2.75) is 13.0 Å². The van der Waals surface area contributed by atoms with Crippen LogP contribution in [0.4, 0.5) is 17.5 Å². The number of nitrogens with zero attached hydrogens (tertiary/aromatic N) is 4. The zero-order valence-electron chi connectivity index (χ0n) is 12.7. The molecule has 23 heavy (non-hydrogen) atoms. The van der Waals surface area contributed by atoms with E-state index in [0.29, 0.717) is 29.3 Å². The van der Waals surface area contributed by atoms with Gasteiger partial charge in [0.2, 0.25) is 5.95 Å². The highest BCUT2D eigenvalue weighted by molar-refractivity contribution is 6.32. The molecule has 1 aliphatic heterocycles. The minimum Gasteiger partial charge on any atom is -0.394 e. The maximum atomic E-state index is 8.90. The molecule has 1 saturated heterocycles. The molecule has 0 aromatic carbocycles. The molecule has 0 aliphatic carbocycles. The number of anilines is 3. The number of nitrogens with one attached hydrogen (secondary N) is 3. The third-order valence-corrected chi connectivity index (χ3v) is 3.96. The van der Waals surface area contributed by atoms with Crippen molar-refractivity contribution in [3.8, 4) is 0 Å². The molecule has 8 nitrogen and oxygen atoms in total. The first kappa shape index (κ1) is 16.0. The van der Waals surface area contributed by atoms with E-state index in [4.69, 9.17) is 16.7 Å². The van der Waals surface area contributed by atoms with Gasteiger partial charge in [0.1, 0.15) is 5.02 Å². The van der Waals surface area contributed by atoms with Gasteiger partial charge in [0, 0.05) is 12.7 Å². The molecule has 0 saturated carbocycles. The monoisotopic (exact) mass is 337 g/mol. The fourth-order valence-corrected chi connectivity index (χ4v) is 2.62. The van der Waals surface area contributed by atoms with Crippen LogP contribution in [0.2, 0.25) is 5.02 Å². The smallest absolute Gasteiger partial charge is 0.229 e. The van der Waals surface area contributed by atoms with E-state index in [1.54, 1.807) is 23.3 Å². The molecule has 1 atom stereocenters. The van der Waals surface area contributed by atoms with Gasteiger partial charge in [0.25, 0.3) is 0 Å². The Hall–Kier alpha value is -1.90. The third-order valence-electron chi connectivity index (χ3n) is 3.68. The molecule has 0 spiro atoms. The fourth-order valence-electron chi connectivity index (χ4n) is 2.46. The number of aromatic nitrogens is 4. The molecule has 1 unspecified atom stereocenters. The van der Waals surface area contributed by atoms with Crippen molar-refractivity contribution in [3.63, 3.8) is 0 Å². The highest BCUT2D eigenvalue weighted by atomic mass is 35.5. The Kier molecular flexibility index (Phi) is 5.27. The summed E-state index contributed by atoms with van der Waals surface area (Å²) in [6, 6.07) is 0. The lowest BCUT2D eigenvalue weighted by molar-refractivity contribution is 0.269. The largest absolute Gasteiger partial charge is 0.394 e. The van der Waals surface area contributed by atoms with Crippen molar-refractivity contribution in [1.82, 2.24) is 25.1 Å². The summed E-state index contributed by atoms with van der Waals surface area (Å²) in [4.78, 5) is 8.59. The van der Waals surface area contributed by atoms with E-state index >= 15 is 0 Å². The Balaban J connectivity index is 1.63. The zero-order valence-corrected chi connectivity index (χ0v) is 13.4. The highest BCUT2D eigenvalue weighted by Gasteiger charge is 2.15. The molecule has 0 amide bonds. The summed E-state index contributed by atoms with van der Waals surface area (Å²) in [6.45, 7) is 3.41. The third kappa shape index (κ3) is 4.31. The lowest BCUT2D eigenvalue weighted by Crippen LogP contribution is -2.18. The highest BCUT2D eigenvalue weighted by Crippen LogP contribution is 2.22. The fraction of sp³-hybridized carbons (Fsp3) is 0.500. The molecule has 0 radical (unpaired) electrons. The second-order valence-corrected chi connectivity index (χ2v) is 5.88. The van der Waals surface area contributed by atoms with E-state index in [0.717, 1.165) is 31.7 Å². The molecular weight excluding hydrogens is 318 g/mol. The van der Waals surface area contributed by atoms with Crippen LogP contribution in [-0.2, 0) is 6.54 Å². The first-order valence-electron chi connectivity index (χ1n) is 7.62. The van der Waals surface area contributed by atoms with Crippen molar-refractivity contribution >= 4 is 29.1 Å². The van der Waals surface area contributed by atoms with Crippen LogP contribution in [-0.4, -0.2) is 51.1 Å². The molecule has 2 aromatic heterocycles. The molecular formula is C14H20ClN7O. The average Bonchev–Trinajstić information content (AvgIpc) is 3.20. The second kappa shape index (κ2) is 7.58. The lowest BCUT2D eigenvalue weighted by Gasteiger charge is -2.12. The number of halogens is 1. The minimum atomic E-state index is 0.0443. The summed E-state index contributed by atoms with van der Waals surface area (Å²) >= 11 is 6.15. The van der Waals surface area contributed by atoms with E-state index < -0.39 is 0 Å². The second-order valence-electron chi connectivity index (χ2n) is 5.47.